The van der Waals surface area contributed by atoms with Crippen LogP contribution in [0.4, 0.5) is 0 Å². The minimum Gasteiger partial charge on any atom is -0.460 e. The summed E-state index contributed by atoms with van der Waals surface area (Å²) in [6.07, 6.45) is 0.613. The summed E-state index contributed by atoms with van der Waals surface area (Å²) < 4.78 is 26.9. The SMILES string of the molecule is CC1=C2Oc3ccccc3[C@H]2C(c2cc3ccccc3o2)(c2cc3ccccc3o2)Cc2c1oc1ccccc21. The van der Waals surface area contributed by atoms with Gasteiger partial charge in [-0.05, 0) is 49.7 Å². The molecule has 3 aromatic heterocycles. The molecular weight excluding hydrogens is 496 g/mol. The number of para-hydroxylation sites is 4. The Balaban J connectivity index is 1.46. The zero-order chi connectivity index (χ0) is 26.4. The maximum absolute atomic E-state index is 6.81. The van der Waals surface area contributed by atoms with Crippen molar-refractivity contribution in [3.63, 3.8) is 0 Å². The summed E-state index contributed by atoms with van der Waals surface area (Å²) in [5.41, 5.74) is 5.07. The molecule has 0 N–H and O–H groups in total. The van der Waals surface area contributed by atoms with Gasteiger partial charge in [-0.25, -0.2) is 0 Å². The van der Waals surface area contributed by atoms with E-state index in [9.17, 15) is 0 Å². The molecule has 4 heterocycles. The van der Waals surface area contributed by atoms with Crippen molar-refractivity contribution >= 4 is 38.5 Å². The Labute approximate surface area is 230 Å². The lowest BCUT2D eigenvalue weighted by Crippen LogP contribution is -2.36. The Kier molecular flexibility index (Phi) is 4.27. The minimum absolute atomic E-state index is 0.189. The summed E-state index contributed by atoms with van der Waals surface area (Å²) in [7, 11) is 0. The van der Waals surface area contributed by atoms with Crippen LogP contribution in [0.3, 0.4) is 0 Å². The van der Waals surface area contributed by atoms with E-state index >= 15 is 0 Å². The molecule has 0 saturated heterocycles. The van der Waals surface area contributed by atoms with Crippen LogP contribution in [-0.4, -0.2) is 0 Å². The molecule has 0 saturated carbocycles. The van der Waals surface area contributed by atoms with Crippen molar-refractivity contribution in [2.75, 3.05) is 0 Å². The molecule has 7 aromatic rings. The molecule has 4 nitrogen and oxygen atoms in total. The molecule has 9 rings (SSSR count). The minimum atomic E-state index is -0.751. The lowest BCUT2D eigenvalue weighted by molar-refractivity contribution is 0.287. The summed E-state index contributed by atoms with van der Waals surface area (Å²) >= 11 is 0. The molecular formula is C36H24O4. The van der Waals surface area contributed by atoms with E-state index in [1.165, 1.54) is 0 Å². The second kappa shape index (κ2) is 7.80. The zero-order valence-corrected chi connectivity index (χ0v) is 21.8. The van der Waals surface area contributed by atoms with E-state index in [0.29, 0.717) is 6.42 Å². The summed E-state index contributed by atoms with van der Waals surface area (Å²) in [6.45, 7) is 2.11. The number of ether oxygens (including phenoxy) is 1. The molecule has 40 heavy (non-hydrogen) atoms. The number of allylic oxidation sites excluding steroid dienone is 2. The van der Waals surface area contributed by atoms with Crippen LogP contribution in [0.15, 0.2) is 128 Å². The first-order valence-electron chi connectivity index (χ1n) is 13.7. The van der Waals surface area contributed by atoms with E-state index in [4.69, 9.17) is 18.0 Å². The quantitative estimate of drug-likeness (QED) is 0.228. The van der Waals surface area contributed by atoms with Crippen LogP contribution in [0.2, 0.25) is 0 Å². The average molecular weight is 521 g/mol. The van der Waals surface area contributed by atoms with E-state index < -0.39 is 5.41 Å². The van der Waals surface area contributed by atoms with Crippen molar-refractivity contribution < 1.29 is 18.0 Å². The third-order valence-corrected chi connectivity index (χ3v) is 8.80. The van der Waals surface area contributed by atoms with Gasteiger partial charge in [0.05, 0.1) is 5.92 Å². The third-order valence-electron chi connectivity index (χ3n) is 8.80. The predicted molar refractivity (Wildman–Crippen MR) is 156 cm³/mol. The molecule has 0 bridgehead atoms. The topological polar surface area (TPSA) is 48.7 Å². The van der Waals surface area contributed by atoms with Crippen LogP contribution < -0.4 is 4.74 Å². The van der Waals surface area contributed by atoms with Gasteiger partial charge in [0.15, 0.2) is 0 Å². The molecule has 0 amide bonds. The van der Waals surface area contributed by atoms with Gasteiger partial charge in [-0.15, -0.1) is 0 Å². The maximum atomic E-state index is 6.81. The summed E-state index contributed by atoms with van der Waals surface area (Å²) in [4.78, 5) is 0. The fraction of sp³-hybridized carbons (Fsp3) is 0.111. The molecule has 4 heteroatoms. The van der Waals surface area contributed by atoms with E-state index in [1.807, 2.05) is 60.7 Å². The van der Waals surface area contributed by atoms with E-state index in [0.717, 1.165) is 78.4 Å². The van der Waals surface area contributed by atoms with Gasteiger partial charge < -0.3 is 18.0 Å². The van der Waals surface area contributed by atoms with Crippen molar-refractivity contribution in [2.24, 2.45) is 0 Å². The Bertz CT molecular complexity index is 2010. The lowest BCUT2D eigenvalue weighted by atomic mass is 9.65. The molecule has 1 aliphatic carbocycles. The van der Waals surface area contributed by atoms with Gasteiger partial charge in [0, 0.05) is 32.9 Å². The number of rotatable bonds is 2. The molecule has 2 aliphatic rings. The van der Waals surface area contributed by atoms with Crippen molar-refractivity contribution in [3.8, 4) is 5.75 Å². The Morgan fingerprint density at radius 3 is 1.95 bits per heavy atom. The van der Waals surface area contributed by atoms with Crippen LogP contribution in [0, 0.1) is 0 Å². The van der Waals surface area contributed by atoms with E-state index in [1.54, 1.807) is 0 Å². The molecule has 0 fully saturated rings. The van der Waals surface area contributed by atoms with Gasteiger partial charge in [-0.2, -0.15) is 0 Å². The first-order valence-corrected chi connectivity index (χ1v) is 13.7. The second-order valence-electron chi connectivity index (χ2n) is 10.9. The highest BCUT2D eigenvalue weighted by Gasteiger charge is 2.56. The van der Waals surface area contributed by atoms with Gasteiger partial charge in [0.1, 0.15) is 51.0 Å². The number of hydrogen-bond donors (Lipinski definition) is 0. The van der Waals surface area contributed by atoms with Crippen molar-refractivity contribution in [3.05, 3.63) is 143 Å². The Morgan fingerprint density at radius 2 is 1.25 bits per heavy atom. The van der Waals surface area contributed by atoms with Crippen molar-refractivity contribution in [1.82, 2.24) is 0 Å². The zero-order valence-electron chi connectivity index (χ0n) is 21.8. The molecule has 1 aliphatic heterocycles. The van der Waals surface area contributed by atoms with Crippen LogP contribution in [-0.2, 0) is 11.8 Å². The molecule has 0 spiro atoms. The highest BCUT2D eigenvalue weighted by Crippen LogP contribution is 2.61. The lowest BCUT2D eigenvalue weighted by Gasteiger charge is -2.35. The number of furan rings is 3. The van der Waals surface area contributed by atoms with Crippen LogP contribution in [0.5, 0.6) is 5.75 Å². The summed E-state index contributed by atoms with van der Waals surface area (Å²) in [5, 5.41) is 3.22. The molecule has 4 aromatic carbocycles. The predicted octanol–water partition coefficient (Wildman–Crippen LogP) is 9.37. The number of hydrogen-bond acceptors (Lipinski definition) is 4. The number of benzene rings is 4. The fourth-order valence-corrected chi connectivity index (χ4v) is 6.97. The van der Waals surface area contributed by atoms with Crippen LogP contribution in [0.25, 0.3) is 38.5 Å². The third kappa shape index (κ3) is 2.80. The highest BCUT2D eigenvalue weighted by molar-refractivity contribution is 5.89. The molecule has 0 radical (unpaired) electrons. The summed E-state index contributed by atoms with van der Waals surface area (Å²) in [6, 6.07) is 37.4. The standard InChI is InChI=1S/C36H24O4/c1-21-34-26(24-12-4-8-16-29(24)39-34)20-36(31-18-22-10-2-6-14-27(22)37-31,32-19-23-11-3-7-15-28(23)38-32)33-25-13-5-9-17-30(25)40-35(21)33/h2-19,33H,20H2,1H3/t33-/m1/s1. The van der Waals surface area contributed by atoms with E-state index in [2.05, 4.69) is 55.5 Å². The Hall–Kier alpha value is -4.96. The monoisotopic (exact) mass is 520 g/mol. The van der Waals surface area contributed by atoms with Gasteiger partial charge in [-0.1, -0.05) is 72.8 Å². The molecule has 192 valence electrons. The highest BCUT2D eigenvalue weighted by atomic mass is 16.5. The average Bonchev–Trinajstić information content (AvgIpc) is 3.77. The number of fused-ring (bicyclic) bond motifs is 8. The fourth-order valence-electron chi connectivity index (χ4n) is 6.97. The normalized spacial score (nSPS) is 17.6. The first kappa shape index (κ1) is 21.9. The summed E-state index contributed by atoms with van der Waals surface area (Å²) in [5.74, 6) is 4.11. The van der Waals surface area contributed by atoms with E-state index in [-0.39, 0.29) is 5.92 Å². The van der Waals surface area contributed by atoms with Gasteiger partial charge in [0.25, 0.3) is 0 Å². The molecule has 1 atom stereocenters. The smallest absolute Gasteiger partial charge is 0.137 e. The van der Waals surface area contributed by atoms with Gasteiger partial charge >= 0.3 is 0 Å². The Morgan fingerprint density at radius 1 is 0.650 bits per heavy atom. The van der Waals surface area contributed by atoms with Crippen LogP contribution >= 0.6 is 0 Å². The maximum Gasteiger partial charge on any atom is 0.137 e. The second-order valence-corrected chi connectivity index (χ2v) is 10.9. The molecule has 0 unspecified atom stereocenters. The van der Waals surface area contributed by atoms with Gasteiger partial charge in [-0.3, -0.25) is 0 Å². The van der Waals surface area contributed by atoms with Gasteiger partial charge in [0.2, 0.25) is 0 Å². The van der Waals surface area contributed by atoms with Crippen molar-refractivity contribution in [1.29, 1.82) is 0 Å². The first-order chi connectivity index (χ1) is 19.7. The van der Waals surface area contributed by atoms with Crippen LogP contribution in [0.1, 0.15) is 41.2 Å². The largest absolute Gasteiger partial charge is 0.460 e. The van der Waals surface area contributed by atoms with Crippen molar-refractivity contribution in [2.45, 2.75) is 24.7 Å².